The maximum atomic E-state index is 8.38. The van der Waals surface area contributed by atoms with Gasteiger partial charge in [0.25, 0.3) is 0 Å². The maximum Gasteiger partial charge on any atom is 0.228 e. The van der Waals surface area contributed by atoms with Crippen molar-refractivity contribution in [2.45, 2.75) is 0 Å². The van der Waals surface area contributed by atoms with Gasteiger partial charge in [0.2, 0.25) is 5.95 Å². The average molecular weight is 208 g/mol. The molecule has 2 rings (SSSR count). The summed E-state index contributed by atoms with van der Waals surface area (Å²) in [6.45, 7) is 3.23. The first-order valence-electron chi connectivity index (χ1n) is 4.68. The van der Waals surface area contributed by atoms with Crippen LogP contribution in [0.3, 0.4) is 0 Å². The molecule has 0 aromatic carbocycles. The van der Waals surface area contributed by atoms with Gasteiger partial charge in [0.05, 0.1) is 0 Å². The number of oxime groups is 1. The van der Waals surface area contributed by atoms with Crippen LogP contribution in [0.15, 0.2) is 17.8 Å². The van der Waals surface area contributed by atoms with Gasteiger partial charge in [0.1, 0.15) is 19.0 Å². The molecule has 0 atom stereocenters. The smallest absolute Gasteiger partial charge is 0.228 e. The second-order valence-corrected chi connectivity index (χ2v) is 3.19. The fourth-order valence-electron chi connectivity index (χ4n) is 1.51. The largest absolute Gasteiger partial charge is 0.410 e. The van der Waals surface area contributed by atoms with Crippen molar-refractivity contribution >= 4 is 12.3 Å². The normalized spacial score (nSPS) is 17.3. The molecule has 0 saturated carbocycles. The zero-order chi connectivity index (χ0) is 10.5. The Morgan fingerprint density at radius 3 is 2.47 bits per heavy atom. The fourth-order valence-corrected chi connectivity index (χ4v) is 1.51. The molecule has 15 heavy (non-hydrogen) atoms. The Hall–Kier alpha value is -1.92. The van der Waals surface area contributed by atoms with Crippen molar-refractivity contribution in [3.8, 4) is 0 Å². The standard InChI is InChI=1S/C8H12N6O/c15-12-7-13-1-3-14(4-2-13)8-10-5-9-6-11-8/h5-7,15H,1-4H2. The number of aromatic nitrogens is 3. The monoisotopic (exact) mass is 208 g/mol. The Morgan fingerprint density at radius 2 is 1.87 bits per heavy atom. The van der Waals surface area contributed by atoms with Gasteiger partial charge >= 0.3 is 0 Å². The highest BCUT2D eigenvalue weighted by molar-refractivity contribution is 5.54. The maximum absolute atomic E-state index is 8.38. The molecule has 1 aromatic rings. The van der Waals surface area contributed by atoms with Gasteiger partial charge in [-0.05, 0) is 0 Å². The summed E-state index contributed by atoms with van der Waals surface area (Å²) >= 11 is 0. The molecule has 0 amide bonds. The van der Waals surface area contributed by atoms with Gasteiger partial charge in [-0.1, -0.05) is 5.16 Å². The van der Waals surface area contributed by atoms with E-state index in [1.807, 2.05) is 4.90 Å². The lowest BCUT2D eigenvalue weighted by Gasteiger charge is -2.32. The first-order chi connectivity index (χ1) is 7.40. The van der Waals surface area contributed by atoms with E-state index in [4.69, 9.17) is 5.21 Å². The van der Waals surface area contributed by atoms with Gasteiger partial charge in [-0.25, -0.2) is 15.0 Å². The second-order valence-electron chi connectivity index (χ2n) is 3.19. The number of nitrogens with zero attached hydrogens (tertiary/aromatic N) is 6. The summed E-state index contributed by atoms with van der Waals surface area (Å²) in [6.07, 6.45) is 4.42. The van der Waals surface area contributed by atoms with Crippen molar-refractivity contribution in [2.24, 2.45) is 5.16 Å². The van der Waals surface area contributed by atoms with Crippen LogP contribution < -0.4 is 4.90 Å². The van der Waals surface area contributed by atoms with Crippen LogP contribution in [0.25, 0.3) is 0 Å². The van der Waals surface area contributed by atoms with E-state index in [0.717, 1.165) is 26.2 Å². The molecule has 2 heterocycles. The van der Waals surface area contributed by atoms with E-state index in [2.05, 4.69) is 25.0 Å². The van der Waals surface area contributed by atoms with Crippen LogP contribution in [0.1, 0.15) is 0 Å². The van der Waals surface area contributed by atoms with Crippen LogP contribution in [-0.4, -0.2) is 57.6 Å². The van der Waals surface area contributed by atoms with Gasteiger partial charge in [-0.3, -0.25) is 0 Å². The lowest BCUT2D eigenvalue weighted by molar-refractivity contribution is 0.302. The Bertz CT molecular complexity index is 321. The minimum atomic E-state index is 0.700. The van der Waals surface area contributed by atoms with Crippen molar-refractivity contribution in [3.63, 3.8) is 0 Å². The third-order valence-corrected chi connectivity index (χ3v) is 2.29. The zero-order valence-corrected chi connectivity index (χ0v) is 8.19. The summed E-state index contributed by atoms with van der Waals surface area (Å²) in [5.74, 6) is 0.700. The summed E-state index contributed by atoms with van der Waals surface area (Å²) in [4.78, 5) is 15.9. The molecule has 1 saturated heterocycles. The Morgan fingerprint density at radius 1 is 1.20 bits per heavy atom. The predicted octanol–water partition coefficient (Wildman–Crippen LogP) is -0.589. The molecule has 0 unspecified atom stereocenters. The Kier molecular flexibility index (Phi) is 2.91. The van der Waals surface area contributed by atoms with Crippen LogP contribution in [-0.2, 0) is 0 Å². The first kappa shape index (κ1) is 9.63. The van der Waals surface area contributed by atoms with E-state index in [9.17, 15) is 0 Å². The highest BCUT2D eigenvalue weighted by atomic mass is 16.4. The predicted molar refractivity (Wildman–Crippen MR) is 53.9 cm³/mol. The molecular formula is C8H12N6O. The first-order valence-corrected chi connectivity index (χ1v) is 4.68. The van der Waals surface area contributed by atoms with Crippen LogP contribution in [0.4, 0.5) is 5.95 Å². The number of rotatable bonds is 2. The Labute approximate surface area is 87.1 Å². The van der Waals surface area contributed by atoms with Crippen molar-refractivity contribution in [2.75, 3.05) is 31.1 Å². The summed E-state index contributed by atoms with van der Waals surface area (Å²) in [6, 6.07) is 0. The molecule has 0 bridgehead atoms. The van der Waals surface area contributed by atoms with E-state index < -0.39 is 0 Å². The van der Waals surface area contributed by atoms with Gasteiger partial charge in [0.15, 0.2) is 0 Å². The average Bonchev–Trinajstić information content (AvgIpc) is 2.32. The molecule has 1 aliphatic rings. The molecule has 0 aliphatic carbocycles. The van der Waals surface area contributed by atoms with Crippen molar-refractivity contribution in [1.29, 1.82) is 0 Å². The summed E-state index contributed by atoms with van der Waals surface area (Å²) in [5, 5.41) is 11.4. The van der Waals surface area contributed by atoms with Crippen molar-refractivity contribution in [3.05, 3.63) is 12.7 Å². The lowest BCUT2D eigenvalue weighted by atomic mass is 10.3. The number of anilines is 1. The van der Waals surface area contributed by atoms with Crippen LogP contribution in [0.2, 0.25) is 0 Å². The summed E-state index contributed by atoms with van der Waals surface area (Å²) < 4.78 is 0. The van der Waals surface area contributed by atoms with Crippen molar-refractivity contribution in [1.82, 2.24) is 19.9 Å². The SMILES string of the molecule is ON=CN1CCN(c2ncncn2)CC1. The fraction of sp³-hybridized carbons (Fsp3) is 0.500. The van der Waals surface area contributed by atoms with E-state index >= 15 is 0 Å². The van der Waals surface area contributed by atoms with Crippen LogP contribution in [0, 0.1) is 0 Å². The van der Waals surface area contributed by atoms with Gasteiger partial charge in [0, 0.05) is 26.2 Å². The third kappa shape index (κ3) is 2.30. The minimum Gasteiger partial charge on any atom is -0.410 e. The highest BCUT2D eigenvalue weighted by Gasteiger charge is 2.16. The molecule has 80 valence electrons. The van der Waals surface area contributed by atoms with Gasteiger partial charge in [-0.2, -0.15) is 0 Å². The molecule has 1 aliphatic heterocycles. The van der Waals surface area contributed by atoms with E-state index in [-0.39, 0.29) is 0 Å². The Balaban J connectivity index is 1.94. The molecule has 1 fully saturated rings. The number of hydrogen-bond donors (Lipinski definition) is 1. The van der Waals surface area contributed by atoms with E-state index in [1.165, 1.54) is 19.0 Å². The van der Waals surface area contributed by atoms with E-state index in [0.29, 0.717) is 5.95 Å². The number of piperazine rings is 1. The highest BCUT2D eigenvalue weighted by Crippen LogP contribution is 2.07. The zero-order valence-electron chi connectivity index (χ0n) is 8.19. The van der Waals surface area contributed by atoms with Gasteiger partial charge < -0.3 is 15.0 Å². The lowest BCUT2D eigenvalue weighted by Crippen LogP contribution is -2.46. The molecule has 0 spiro atoms. The molecular weight excluding hydrogens is 196 g/mol. The molecule has 1 N–H and O–H groups in total. The topological polar surface area (TPSA) is 77.7 Å². The molecule has 7 heteroatoms. The number of hydrogen-bond acceptors (Lipinski definition) is 6. The minimum absolute atomic E-state index is 0.700. The van der Waals surface area contributed by atoms with Crippen molar-refractivity contribution < 1.29 is 5.21 Å². The summed E-state index contributed by atoms with van der Waals surface area (Å²) in [7, 11) is 0. The van der Waals surface area contributed by atoms with Crippen LogP contribution in [0.5, 0.6) is 0 Å². The third-order valence-electron chi connectivity index (χ3n) is 2.29. The molecule has 1 aromatic heterocycles. The second kappa shape index (κ2) is 4.54. The molecule has 0 radical (unpaired) electrons. The molecule has 7 nitrogen and oxygen atoms in total. The van der Waals surface area contributed by atoms with E-state index in [1.54, 1.807) is 0 Å². The quantitative estimate of drug-likeness (QED) is 0.303. The summed E-state index contributed by atoms with van der Waals surface area (Å²) in [5.41, 5.74) is 0. The van der Waals surface area contributed by atoms with Crippen LogP contribution >= 0.6 is 0 Å². The van der Waals surface area contributed by atoms with Gasteiger partial charge in [-0.15, -0.1) is 0 Å².